The lowest BCUT2D eigenvalue weighted by Crippen LogP contribution is -2.62. The minimum atomic E-state index is 0.128. The monoisotopic (exact) mass is 263 g/mol. The van der Waals surface area contributed by atoms with E-state index in [1.807, 2.05) is 6.92 Å². The van der Waals surface area contributed by atoms with Gasteiger partial charge in [-0.3, -0.25) is 0 Å². The molecule has 1 aromatic rings. The third-order valence-electron chi connectivity index (χ3n) is 3.71. The summed E-state index contributed by atoms with van der Waals surface area (Å²) in [4.78, 5) is 15.0. The zero-order valence-electron chi connectivity index (χ0n) is 12.9. The fourth-order valence-corrected chi connectivity index (χ4v) is 3.24. The van der Waals surface area contributed by atoms with Gasteiger partial charge in [0.05, 0.1) is 0 Å². The van der Waals surface area contributed by atoms with Gasteiger partial charge in [0.15, 0.2) is 0 Å². The summed E-state index contributed by atoms with van der Waals surface area (Å²) in [6.07, 6.45) is 3.75. The van der Waals surface area contributed by atoms with Gasteiger partial charge in [-0.05, 0) is 47.5 Å². The molecule has 1 N–H and O–H groups in total. The molecule has 5 heteroatoms. The predicted molar refractivity (Wildman–Crippen MR) is 77.3 cm³/mol. The van der Waals surface area contributed by atoms with Gasteiger partial charge in [0.2, 0.25) is 5.95 Å². The highest BCUT2D eigenvalue weighted by Crippen LogP contribution is 2.32. The lowest BCUT2D eigenvalue weighted by molar-refractivity contribution is 0.160. The first-order valence-electron chi connectivity index (χ1n) is 6.86. The van der Waals surface area contributed by atoms with Gasteiger partial charge in [0, 0.05) is 24.2 Å². The Balaban J connectivity index is 2.21. The van der Waals surface area contributed by atoms with Crippen LogP contribution in [0.15, 0.2) is 6.33 Å². The summed E-state index contributed by atoms with van der Waals surface area (Å²) < 4.78 is 0. The van der Waals surface area contributed by atoms with Gasteiger partial charge in [-0.1, -0.05) is 0 Å². The molecule has 106 valence electrons. The van der Waals surface area contributed by atoms with Crippen LogP contribution in [0.3, 0.4) is 0 Å². The SMILES string of the molecule is Cc1ncnc(N(C)C2CC(C)(C)NC(C)(C)C2)n1. The Bertz CT molecular complexity index is 439. The molecule has 0 radical (unpaired) electrons. The third-order valence-corrected chi connectivity index (χ3v) is 3.71. The van der Waals surface area contributed by atoms with E-state index in [9.17, 15) is 0 Å². The van der Waals surface area contributed by atoms with Crippen LogP contribution in [0, 0.1) is 6.92 Å². The zero-order valence-corrected chi connectivity index (χ0v) is 12.9. The van der Waals surface area contributed by atoms with E-state index in [4.69, 9.17) is 0 Å². The van der Waals surface area contributed by atoms with Gasteiger partial charge in [0.1, 0.15) is 12.2 Å². The van der Waals surface area contributed by atoms with Crippen molar-refractivity contribution in [1.29, 1.82) is 0 Å². The fourth-order valence-electron chi connectivity index (χ4n) is 3.24. The molecule has 0 atom stereocenters. The molecule has 0 unspecified atom stereocenters. The summed E-state index contributed by atoms with van der Waals surface area (Å²) >= 11 is 0. The highest BCUT2D eigenvalue weighted by Gasteiger charge is 2.39. The molecular formula is C14H25N5. The van der Waals surface area contributed by atoms with Crippen LogP contribution in [0.1, 0.15) is 46.4 Å². The largest absolute Gasteiger partial charge is 0.341 e. The number of rotatable bonds is 2. The van der Waals surface area contributed by atoms with Crippen LogP contribution >= 0.6 is 0 Å². The number of aryl methyl sites for hydroxylation is 1. The molecule has 1 aliphatic rings. The lowest BCUT2D eigenvalue weighted by Gasteiger charge is -2.48. The minimum absolute atomic E-state index is 0.128. The summed E-state index contributed by atoms with van der Waals surface area (Å²) in [5, 5.41) is 3.70. The smallest absolute Gasteiger partial charge is 0.228 e. The van der Waals surface area contributed by atoms with Crippen LogP contribution < -0.4 is 10.2 Å². The predicted octanol–water partition coefficient (Wildman–Crippen LogP) is 1.93. The molecule has 2 heterocycles. The number of aromatic nitrogens is 3. The molecule has 1 fully saturated rings. The normalized spacial score (nSPS) is 22.2. The first kappa shape index (κ1) is 14.2. The molecule has 0 bridgehead atoms. The minimum Gasteiger partial charge on any atom is -0.341 e. The van der Waals surface area contributed by atoms with Crippen molar-refractivity contribution in [2.45, 2.75) is 64.6 Å². The van der Waals surface area contributed by atoms with Crippen LogP contribution in [0.4, 0.5) is 5.95 Å². The number of nitrogens with zero attached hydrogens (tertiary/aromatic N) is 4. The summed E-state index contributed by atoms with van der Waals surface area (Å²) in [5.41, 5.74) is 0.255. The summed E-state index contributed by atoms with van der Waals surface area (Å²) in [7, 11) is 2.08. The van der Waals surface area contributed by atoms with Gasteiger partial charge in [-0.25, -0.2) is 9.97 Å². The molecule has 2 rings (SSSR count). The van der Waals surface area contributed by atoms with E-state index in [1.165, 1.54) is 0 Å². The molecule has 5 nitrogen and oxygen atoms in total. The van der Waals surface area contributed by atoms with E-state index >= 15 is 0 Å². The van der Waals surface area contributed by atoms with Gasteiger partial charge >= 0.3 is 0 Å². The first-order valence-corrected chi connectivity index (χ1v) is 6.86. The quantitative estimate of drug-likeness (QED) is 0.883. The Morgan fingerprint density at radius 2 is 1.74 bits per heavy atom. The van der Waals surface area contributed by atoms with Crippen molar-refractivity contribution >= 4 is 5.95 Å². The Morgan fingerprint density at radius 3 is 2.26 bits per heavy atom. The van der Waals surface area contributed by atoms with Gasteiger partial charge in [-0.15, -0.1) is 0 Å². The van der Waals surface area contributed by atoms with E-state index in [1.54, 1.807) is 6.33 Å². The Labute approximate surface area is 115 Å². The standard InChI is InChI=1S/C14H25N5/c1-10-15-9-16-12(17-10)19(6)11-7-13(2,3)18-14(4,5)8-11/h9,11,18H,7-8H2,1-6H3. The molecule has 19 heavy (non-hydrogen) atoms. The molecule has 0 aromatic carbocycles. The average Bonchev–Trinajstić information content (AvgIpc) is 2.23. The maximum atomic E-state index is 4.43. The molecular weight excluding hydrogens is 238 g/mol. The summed E-state index contributed by atoms with van der Waals surface area (Å²) in [5.74, 6) is 1.54. The lowest BCUT2D eigenvalue weighted by atomic mass is 9.79. The van der Waals surface area contributed by atoms with E-state index in [0.717, 1.165) is 24.6 Å². The number of hydrogen-bond donors (Lipinski definition) is 1. The van der Waals surface area contributed by atoms with E-state index in [2.05, 4.69) is 59.9 Å². The van der Waals surface area contributed by atoms with E-state index in [-0.39, 0.29) is 11.1 Å². The molecule has 0 spiro atoms. The van der Waals surface area contributed by atoms with Crippen molar-refractivity contribution in [3.8, 4) is 0 Å². The number of hydrogen-bond acceptors (Lipinski definition) is 5. The Kier molecular flexibility index (Phi) is 3.51. The van der Waals surface area contributed by atoms with Crippen LogP contribution in [-0.2, 0) is 0 Å². The van der Waals surface area contributed by atoms with Gasteiger partial charge in [0.25, 0.3) is 0 Å². The summed E-state index contributed by atoms with van der Waals surface area (Å²) in [6, 6.07) is 0.438. The van der Waals surface area contributed by atoms with Crippen molar-refractivity contribution in [1.82, 2.24) is 20.3 Å². The highest BCUT2D eigenvalue weighted by atomic mass is 15.3. The second-order valence-corrected chi connectivity index (χ2v) is 6.90. The fraction of sp³-hybridized carbons (Fsp3) is 0.786. The third kappa shape index (κ3) is 3.41. The number of anilines is 1. The van der Waals surface area contributed by atoms with Gasteiger partial charge in [-0.2, -0.15) is 4.98 Å². The second kappa shape index (κ2) is 4.71. The van der Waals surface area contributed by atoms with Crippen molar-refractivity contribution in [3.05, 3.63) is 12.2 Å². The zero-order chi connectivity index (χ0) is 14.3. The van der Waals surface area contributed by atoms with Crippen molar-refractivity contribution in [3.63, 3.8) is 0 Å². The van der Waals surface area contributed by atoms with Crippen molar-refractivity contribution in [2.75, 3.05) is 11.9 Å². The molecule has 0 saturated carbocycles. The number of piperidine rings is 1. The average molecular weight is 263 g/mol. The van der Waals surface area contributed by atoms with Gasteiger partial charge < -0.3 is 10.2 Å². The maximum Gasteiger partial charge on any atom is 0.228 e. The molecule has 1 saturated heterocycles. The Morgan fingerprint density at radius 1 is 1.16 bits per heavy atom. The molecule has 1 aliphatic heterocycles. The topological polar surface area (TPSA) is 53.9 Å². The molecule has 0 aliphatic carbocycles. The van der Waals surface area contributed by atoms with Crippen LogP contribution in [0.5, 0.6) is 0 Å². The molecule has 0 amide bonds. The molecule has 1 aromatic heterocycles. The maximum absolute atomic E-state index is 4.43. The van der Waals surface area contributed by atoms with Crippen molar-refractivity contribution < 1.29 is 0 Å². The van der Waals surface area contributed by atoms with Crippen LogP contribution in [-0.4, -0.2) is 39.1 Å². The van der Waals surface area contributed by atoms with Crippen LogP contribution in [0.2, 0.25) is 0 Å². The van der Waals surface area contributed by atoms with E-state index in [0.29, 0.717) is 6.04 Å². The Hall–Kier alpha value is -1.23. The van der Waals surface area contributed by atoms with Crippen molar-refractivity contribution in [2.24, 2.45) is 0 Å². The first-order chi connectivity index (χ1) is 8.69. The highest BCUT2D eigenvalue weighted by molar-refractivity contribution is 5.30. The van der Waals surface area contributed by atoms with E-state index < -0.39 is 0 Å². The number of nitrogens with one attached hydrogen (secondary N) is 1. The summed E-state index contributed by atoms with van der Waals surface area (Å²) in [6.45, 7) is 10.9. The van der Waals surface area contributed by atoms with Crippen LogP contribution in [0.25, 0.3) is 0 Å². The second-order valence-electron chi connectivity index (χ2n) is 6.90.